The van der Waals surface area contributed by atoms with Crippen molar-refractivity contribution in [2.24, 2.45) is 0 Å². The van der Waals surface area contributed by atoms with E-state index in [9.17, 15) is 9.59 Å². The van der Waals surface area contributed by atoms with Crippen LogP contribution in [0.4, 0.5) is 5.69 Å². The number of anilines is 1. The summed E-state index contributed by atoms with van der Waals surface area (Å²) in [5.74, 6) is -1.29. The topological polar surface area (TPSA) is 74.3 Å². The van der Waals surface area contributed by atoms with Crippen molar-refractivity contribution in [1.29, 1.82) is 0 Å². The maximum atomic E-state index is 12.2. The van der Waals surface area contributed by atoms with Crippen molar-refractivity contribution in [3.8, 4) is 0 Å². The maximum absolute atomic E-state index is 12.2. The molecule has 0 unspecified atom stereocenters. The number of nitrogens with one attached hydrogen (secondary N) is 2. The SMILES string of the molecule is Cc1ccc2cccc(NC(=O)C(=O)NC[C@@H](C)N(C)C3CC3)c2n1. The number of carbonyl (C=O) groups excluding carboxylic acids is 2. The van der Waals surface area contributed by atoms with Crippen LogP contribution >= 0.6 is 0 Å². The summed E-state index contributed by atoms with van der Waals surface area (Å²) in [6.45, 7) is 4.39. The molecule has 0 radical (unpaired) electrons. The normalized spacial score (nSPS) is 15.2. The van der Waals surface area contributed by atoms with E-state index in [0.29, 0.717) is 23.8 Å². The van der Waals surface area contributed by atoms with Crippen molar-refractivity contribution in [2.45, 2.75) is 38.8 Å². The van der Waals surface area contributed by atoms with Crippen LogP contribution < -0.4 is 10.6 Å². The van der Waals surface area contributed by atoms with Crippen LogP contribution in [0.3, 0.4) is 0 Å². The zero-order valence-corrected chi connectivity index (χ0v) is 14.9. The number of para-hydroxylation sites is 1. The number of carbonyl (C=O) groups is 2. The number of rotatable bonds is 5. The molecule has 1 saturated carbocycles. The fraction of sp³-hybridized carbons (Fsp3) is 0.421. The van der Waals surface area contributed by atoms with Crippen molar-refractivity contribution >= 4 is 28.4 Å². The smallest absolute Gasteiger partial charge is 0.313 e. The Bertz CT molecular complexity index is 801. The van der Waals surface area contributed by atoms with Crippen LogP contribution in [0.5, 0.6) is 0 Å². The Kier molecular flexibility index (Phi) is 4.99. The molecule has 2 aromatic rings. The molecule has 1 atom stereocenters. The van der Waals surface area contributed by atoms with Gasteiger partial charge in [-0.2, -0.15) is 0 Å². The number of benzene rings is 1. The van der Waals surface area contributed by atoms with Gasteiger partial charge in [0.1, 0.15) is 0 Å². The average molecular weight is 340 g/mol. The first-order valence-corrected chi connectivity index (χ1v) is 8.63. The lowest BCUT2D eigenvalue weighted by Crippen LogP contribution is -2.44. The minimum absolute atomic E-state index is 0.200. The quantitative estimate of drug-likeness (QED) is 0.817. The summed E-state index contributed by atoms with van der Waals surface area (Å²) in [6, 6.07) is 10.2. The molecule has 1 heterocycles. The van der Waals surface area contributed by atoms with Crippen molar-refractivity contribution in [3.63, 3.8) is 0 Å². The van der Waals surface area contributed by atoms with Crippen LogP contribution in [0.2, 0.25) is 0 Å². The van der Waals surface area contributed by atoms with Gasteiger partial charge in [0, 0.05) is 29.7 Å². The Balaban J connectivity index is 1.61. The average Bonchev–Trinajstić information content (AvgIpc) is 3.44. The molecule has 3 rings (SSSR count). The number of nitrogens with zero attached hydrogens (tertiary/aromatic N) is 2. The van der Waals surface area contributed by atoms with E-state index < -0.39 is 11.8 Å². The van der Waals surface area contributed by atoms with Crippen LogP contribution in [0, 0.1) is 6.92 Å². The standard InChI is InChI=1S/C19H24N4O2/c1-12-7-8-14-5-4-6-16(17(14)21-12)22-19(25)18(24)20-11-13(2)23(3)15-9-10-15/h4-8,13,15H,9-11H2,1-3H3,(H,20,24)(H,22,25)/t13-/m1/s1. The highest BCUT2D eigenvalue weighted by atomic mass is 16.2. The second kappa shape index (κ2) is 7.19. The molecule has 6 heteroatoms. The van der Waals surface area contributed by atoms with E-state index in [4.69, 9.17) is 0 Å². The van der Waals surface area contributed by atoms with Gasteiger partial charge in [0.05, 0.1) is 11.2 Å². The molecule has 132 valence electrons. The third-order valence-corrected chi connectivity index (χ3v) is 4.69. The van der Waals surface area contributed by atoms with Crippen molar-refractivity contribution < 1.29 is 9.59 Å². The van der Waals surface area contributed by atoms with Gasteiger partial charge in [-0.1, -0.05) is 18.2 Å². The summed E-state index contributed by atoms with van der Waals surface area (Å²) in [5, 5.41) is 6.31. The minimum atomic E-state index is -0.669. The van der Waals surface area contributed by atoms with Gasteiger partial charge in [-0.05, 0) is 45.9 Å². The summed E-state index contributed by atoms with van der Waals surface area (Å²) in [6.07, 6.45) is 2.42. The third-order valence-electron chi connectivity index (χ3n) is 4.69. The molecule has 25 heavy (non-hydrogen) atoms. The molecule has 1 aromatic carbocycles. The number of likely N-dealkylation sites (N-methyl/N-ethyl adjacent to an activating group) is 1. The lowest BCUT2D eigenvalue weighted by atomic mass is 10.1. The Labute approximate surface area is 147 Å². The zero-order chi connectivity index (χ0) is 18.0. The van der Waals surface area contributed by atoms with Gasteiger partial charge in [0.2, 0.25) is 0 Å². The van der Waals surface area contributed by atoms with Gasteiger partial charge in [0.25, 0.3) is 0 Å². The first-order valence-electron chi connectivity index (χ1n) is 8.63. The van der Waals surface area contributed by atoms with E-state index in [-0.39, 0.29) is 6.04 Å². The van der Waals surface area contributed by atoms with Gasteiger partial charge < -0.3 is 10.6 Å². The van der Waals surface area contributed by atoms with Gasteiger partial charge in [-0.15, -0.1) is 0 Å². The Hall–Kier alpha value is -2.47. The fourth-order valence-corrected chi connectivity index (χ4v) is 2.83. The minimum Gasteiger partial charge on any atom is -0.346 e. The highest BCUT2D eigenvalue weighted by Crippen LogP contribution is 2.26. The third kappa shape index (κ3) is 4.14. The number of pyridine rings is 1. The molecular formula is C19H24N4O2. The second-order valence-electron chi connectivity index (χ2n) is 6.74. The van der Waals surface area contributed by atoms with E-state index in [0.717, 1.165) is 11.1 Å². The number of hydrogen-bond acceptors (Lipinski definition) is 4. The van der Waals surface area contributed by atoms with E-state index in [1.807, 2.05) is 38.1 Å². The van der Waals surface area contributed by atoms with Crippen LogP contribution in [0.25, 0.3) is 10.9 Å². The number of aromatic nitrogens is 1. The molecule has 6 nitrogen and oxygen atoms in total. The van der Waals surface area contributed by atoms with Gasteiger partial charge in [-0.25, -0.2) is 0 Å². The van der Waals surface area contributed by atoms with Crippen LogP contribution in [-0.4, -0.2) is 47.4 Å². The molecule has 0 saturated heterocycles. The van der Waals surface area contributed by atoms with Crippen LogP contribution in [0.1, 0.15) is 25.5 Å². The Morgan fingerprint density at radius 2 is 2.00 bits per heavy atom. The summed E-state index contributed by atoms with van der Waals surface area (Å²) < 4.78 is 0. The number of fused-ring (bicyclic) bond motifs is 1. The van der Waals surface area contributed by atoms with Crippen LogP contribution in [0.15, 0.2) is 30.3 Å². The van der Waals surface area contributed by atoms with Crippen molar-refractivity contribution in [2.75, 3.05) is 18.9 Å². The van der Waals surface area contributed by atoms with E-state index in [1.165, 1.54) is 12.8 Å². The number of hydrogen-bond donors (Lipinski definition) is 2. The highest BCUT2D eigenvalue weighted by Gasteiger charge is 2.29. The molecular weight excluding hydrogens is 316 g/mol. The molecule has 0 spiro atoms. The summed E-state index contributed by atoms with van der Waals surface area (Å²) >= 11 is 0. The van der Waals surface area contributed by atoms with Crippen molar-refractivity contribution in [1.82, 2.24) is 15.2 Å². The largest absolute Gasteiger partial charge is 0.346 e. The van der Waals surface area contributed by atoms with Gasteiger partial charge in [0.15, 0.2) is 0 Å². The predicted molar refractivity (Wildman–Crippen MR) is 98.4 cm³/mol. The molecule has 0 bridgehead atoms. The molecule has 0 aliphatic heterocycles. The Morgan fingerprint density at radius 3 is 2.72 bits per heavy atom. The molecule has 2 N–H and O–H groups in total. The molecule has 1 aliphatic rings. The molecule has 1 fully saturated rings. The lowest BCUT2D eigenvalue weighted by Gasteiger charge is -2.24. The second-order valence-corrected chi connectivity index (χ2v) is 6.74. The first kappa shape index (κ1) is 17.4. The number of amides is 2. The van der Waals surface area contributed by atoms with E-state index >= 15 is 0 Å². The zero-order valence-electron chi connectivity index (χ0n) is 14.9. The van der Waals surface area contributed by atoms with E-state index in [1.54, 1.807) is 6.07 Å². The summed E-state index contributed by atoms with van der Waals surface area (Å²) in [7, 11) is 2.05. The first-order chi connectivity index (χ1) is 12.0. The maximum Gasteiger partial charge on any atom is 0.313 e. The highest BCUT2D eigenvalue weighted by molar-refractivity contribution is 6.40. The van der Waals surface area contributed by atoms with Crippen LogP contribution in [-0.2, 0) is 9.59 Å². The number of aryl methyl sites for hydroxylation is 1. The molecule has 2 amide bonds. The Morgan fingerprint density at radius 1 is 1.24 bits per heavy atom. The van der Waals surface area contributed by atoms with Crippen molar-refractivity contribution in [3.05, 3.63) is 36.0 Å². The molecule has 1 aromatic heterocycles. The summed E-state index contributed by atoms with van der Waals surface area (Å²) in [4.78, 5) is 31.0. The monoisotopic (exact) mass is 340 g/mol. The van der Waals surface area contributed by atoms with E-state index in [2.05, 4.69) is 27.6 Å². The lowest BCUT2D eigenvalue weighted by molar-refractivity contribution is -0.136. The summed E-state index contributed by atoms with van der Waals surface area (Å²) in [5.41, 5.74) is 2.09. The van der Waals surface area contributed by atoms with Gasteiger partial charge in [-0.3, -0.25) is 19.5 Å². The fourth-order valence-electron chi connectivity index (χ4n) is 2.83. The molecule has 1 aliphatic carbocycles. The van der Waals surface area contributed by atoms with Gasteiger partial charge >= 0.3 is 11.8 Å². The predicted octanol–water partition coefficient (Wildman–Crippen LogP) is 2.08.